The Morgan fingerprint density at radius 1 is 1.09 bits per heavy atom. The van der Waals surface area contributed by atoms with E-state index in [1.54, 1.807) is 17.6 Å². The Kier molecular flexibility index (Phi) is 7.32. The van der Waals surface area contributed by atoms with Crippen LogP contribution in [0, 0.1) is 6.92 Å². The Labute approximate surface area is 191 Å². The predicted octanol–water partition coefficient (Wildman–Crippen LogP) is 5.79. The van der Waals surface area contributed by atoms with Crippen LogP contribution in [0.3, 0.4) is 0 Å². The fraction of sp³-hybridized carbons (Fsp3) is 0.200. The van der Waals surface area contributed by atoms with Crippen molar-refractivity contribution in [2.24, 2.45) is 0 Å². The lowest BCUT2D eigenvalue weighted by molar-refractivity contribution is 0.0930. The number of furan rings is 1. The summed E-state index contributed by atoms with van der Waals surface area (Å²) in [5.74, 6) is 0.782. The number of rotatable bonds is 9. The molecule has 32 heavy (non-hydrogen) atoms. The van der Waals surface area contributed by atoms with Gasteiger partial charge in [-0.3, -0.25) is 0 Å². The monoisotopic (exact) mass is 447 g/mol. The summed E-state index contributed by atoms with van der Waals surface area (Å²) in [6.07, 6.45) is 2.30. The molecule has 0 atom stereocenters. The van der Waals surface area contributed by atoms with Gasteiger partial charge < -0.3 is 19.8 Å². The summed E-state index contributed by atoms with van der Waals surface area (Å²) < 4.78 is 10.9. The molecule has 2 aromatic heterocycles. The van der Waals surface area contributed by atoms with Gasteiger partial charge in [-0.1, -0.05) is 42.0 Å². The number of aromatic nitrogens is 1. The van der Waals surface area contributed by atoms with E-state index in [-0.39, 0.29) is 6.03 Å². The van der Waals surface area contributed by atoms with Crippen molar-refractivity contribution in [1.29, 1.82) is 0 Å². The van der Waals surface area contributed by atoms with Gasteiger partial charge in [0.15, 0.2) is 0 Å². The van der Waals surface area contributed by atoms with E-state index in [9.17, 15) is 4.79 Å². The summed E-state index contributed by atoms with van der Waals surface area (Å²) in [5, 5.41) is 8.79. The number of hydrogen-bond donors (Lipinski definition) is 2. The van der Waals surface area contributed by atoms with Crippen LogP contribution < -0.4 is 10.6 Å². The highest BCUT2D eigenvalue weighted by atomic mass is 32.1. The average molecular weight is 448 g/mol. The lowest BCUT2D eigenvalue weighted by Gasteiger charge is -2.09. The van der Waals surface area contributed by atoms with E-state index >= 15 is 0 Å². The van der Waals surface area contributed by atoms with Gasteiger partial charge in [0.05, 0.1) is 18.6 Å². The quantitative estimate of drug-likeness (QED) is 0.340. The van der Waals surface area contributed by atoms with Gasteiger partial charge in [-0.2, -0.15) is 0 Å². The molecule has 2 N–H and O–H groups in total. The fourth-order valence-electron chi connectivity index (χ4n) is 3.13. The molecule has 2 amide bonds. The highest BCUT2D eigenvalue weighted by Crippen LogP contribution is 2.24. The van der Waals surface area contributed by atoms with Crippen molar-refractivity contribution in [3.63, 3.8) is 0 Å². The maximum Gasteiger partial charge on any atom is 0.319 e. The van der Waals surface area contributed by atoms with E-state index in [1.165, 1.54) is 5.56 Å². The van der Waals surface area contributed by atoms with Gasteiger partial charge in [-0.25, -0.2) is 9.78 Å². The first-order valence-corrected chi connectivity index (χ1v) is 11.3. The number of carbonyl (C=O) groups is 1. The standard InChI is InChI=1S/C25H25N3O3S/c1-18-7-9-20(10-8-18)24-27-22(17-32-24)11-12-26-25(29)28-21-5-2-4-19(14-21)15-30-16-23-6-3-13-31-23/h2-10,13-14,17H,11-12,15-16H2,1H3,(H2,26,28,29). The number of hydrogen-bond acceptors (Lipinski definition) is 5. The summed E-state index contributed by atoms with van der Waals surface area (Å²) >= 11 is 1.62. The second kappa shape index (κ2) is 10.7. The van der Waals surface area contributed by atoms with Crippen LogP contribution >= 0.6 is 11.3 Å². The summed E-state index contributed by atoms with van der Waals surface area (Å²) in [4.78, 5) is 16.9. The second-order valence-corrected chi connectivity index (χ2v) is 8.27. The van der Waals surface area contributed by atoms with E-state index in [0.29, 0.717) is 26.2 Å². The van der Waals surface area contributed by atoms with E-state index in [2.05, 4.69) is 46.8 Å². The van der Waals surface area contributed by atoms with Crippen LogP contribution in [-0.2, 0) is 24.4 Å². The Morgan fingerprint density at radius 3 is 2.78 bits per heavy atom. The van der Waals surface area contributed by atoms with Crippen LogP contribution in [0.25, 0.3) is 10.6 Å². The smallest absolute Gasteiger partial charge is 0.319 e. The molecule has 0 unspecified atom stereocenters. The number of amides is 2. The number of ether oxygens (including phenoxy) is 1. The molecule has 0 bridgehead atoms. The Balaban J connectivity index is 1.21. The molecular weight excluding hydrogens is 422 g/mol. The molecule has 0 saturated carbocycles. The van der Waals surface area contributed by atoms with Crippen LogP contribution in [0.2, 0.25) is 0 Å². The lowest BCUT2D eigenvalue weighted by atomic mass is 10.2. The molecule has 6 nitrogen and oxygen atoms in total. The molecular formula is C25H25N3O3S. The van der Waals surface area contributed by atoms with Crippen molar-refractivity contribution in [3.05, 3.63) is 94.9 Å². The zero-order chi connectivity index (χ0) is 22.2. The van der Waals surface area contributed by atoms with Crippen LogP contribution in [0.1, 0.15) is 22.6 Å². The summed E-state index contributed by atoms with van der Waals surface area (Å²) in [6.45, 7) is 3.42. The molecule has 0 aliphatic heterocycles. The number of nitrogens with one attached hydrogen (secondary N) is 2. The molecule has 164 valence electrons. The van der Waals surface area contributed by atoms with Gasteiger partial charge >= 0.3 is 6.03 Å². The first-order chi connectivity index (χ1) is 15.7. The number of nitrogens with zero attached hydrogens (tertiary/aromatic N) is 1. The number of anilines is 1. The maximum atomic E-state index is 12.3. The van der Waals surface area contributed by atoms with Crippen LogP contribution in [0.15, 0.2) is 76.7 Å². The van der Waals surface area contributed by atoms with Crippen molar-refractivity contribution in [2.45, 2.75) is 26.6 Å². The molecule has 4 aromatic rings. The molecule has 0 fully saturated rings. The summed E-state index contributed by atoms with van der Waals surface area (Å²) in [6, 6.07) is 19.4. The van der Waals surface area contributed by atoms with E-state index in [0.717, 1.165) is 33.3 Å². The minimum Gasteiger partial charge on any atom is -0.467 e. The molecule has 0 aliphatic rings. The van der Waals surface area contributed by atoms with Gasteiger partial charge in [-0.15, -0.1) is 11.3 Å². The number of urea groups is 1. The minimum atomic E-state index is -0.243. The third-order valence-corrected chi connectivity index (χ3v) is 5.74. The Hall–Kier alpha value is -3.42. The van der Waals surface area contributed by atoms with Crippen LogP contribution in [0.4, 0.5) is 10.5 Å². The molecule has 0 saturated heterocycles. The maximum absolute atomic E-state index is 12.3. The third kappa shape index (κ3) is 6.29. The summed E-state index contributed by atoms with van der Waals surface area (Å²) in [7, 11) is 0. The first kappa shape index (κ1) is 21.8. The SMILES string of the molecule is Cc1ccc(-c2nc(CCNC(=O)Nc3cccc(COCc4ccco4)c3)cs2)cc1. The van der Waals surface area contributed by atoms with Crippen molar-refractivity contribution in [3.8, 4) is 10.6 Å². The molecule has 2 aromatic carbocycles. The van der Waals surface area contributed by atoms with Crippen molar-refractivity contribution in [1.82, 2.24) is 10.3 Å². The predicted molar refractivity (Wildman–Crippen MR) is 127 cm³/mol. The number of thiazole rings is 1. The van der Waals surface area contributed by atoms with Gasteiger partial charge in [0.1, 0.15) is 17.4 Å². The lowest BCUT2D eigenvalue weighted by Crippen LogP contribution is -2.30. The van der Waals surface area contributed by atoms with E-state index < -0.39 is 0 Å². The van der Waals surface area contributed by atoms with E-state index in [4.69, 9.17) is 9.15 Å². The molecule has 4 rings (SSSR count). The summed E-state index contributed by atoms with van der Waals surface area (Å²) in [5.41, 5.74) is 5.01. The average Bonchev–Trinajstić information content (AvgIpc) is 3.47. The number of carbonyl (C=O) groups excluding carboxylic acids is 1. The van der Waals surface area contributed by atoms with Crippen LogP contribution in [-0.4, -0.2) is 17.6 Å². The molecule has 0 aliphatic carbocycles. The topological polar surface area (TPSA) is 76.4 Å². The number of benzene rings is 2. The number of aryl methyl sites for hydroxylation is 1. The first-order valence-electron chi connectivity index (χ1n) is 10.4. The highest BCUT2D eigenvalue weighted by Gasteiger charge is 2.07. The van der Waals surface area contributed by atoms with Crippen molar-refractivity contribution < 1.29 is 13.9 Å². The minimum absolute atomic E-state index is 0.243. The fourth-order valence-corrected chi connectivity index (χ4v) is 3.99. The van der Waals surface area contributed by atoms with Crippen LogP contribution in [0.5, 0.6) is 0 Å². The van der Waals surface area contributed by atoms with Gasteiger partial charge in [-0.05, 0) is 36.8 Å². The third-order valence-electron chi connectivity index (χ3n) is 4.79. The van der Waals surface area contributed by atoms with Crippen molar-refractivity contribution >= 4 is 23.1 Å². The van der Waals surface area contributed by atoms with Crippen molar-refractivity contribution in [2.75, 3.05) is 11.9 Å². The molecule has 2 heterocycles. The largest absolute Gasteiger partial charge is 0.467 e. The highest BCUT2D eigenvalue weighted by molar-refractivity contribution is 7.13. The normalized spacial score (nSPS) is 10.8. The van der Waals surface area contributed by atoms with Gasteiger partial charge in [0.25, 0.3) is 0 Å². The van der Waals surface area contributed by atoms with Gasteiger partial charge in [0.2, 0.25) is 0 Å². The zero-order valence-electron chi connectivity index (χ0n) is 17.8. The molecule has 0 radical (unpaired) electrons. The molecule has 7 heteroatoms. The van der Waals surface area contributed by atoms with Gasteiger partial charge in [0, 0.05) is 29.6 Å². The zero-order valence-corrected chi connectivity index (χ0v) is 18.7. The molecule has 0 spiro atoms. The second-order valence-electron chi connectivity index (χ2n) is 7.41. The van der Waals surface area contributed by atoms with E-state index in [1.807, 2.05) is 41.8 Å². The Bertz CT molecular complexity index is 1140. The Morgan fingerprint density at radius 2 is 1.97 bits per heavy atom.